The summed E-state index contributed by atoms with van der Waals surface area (Å²) in [5.74, 6) is -6.73. The van der Waals surface area contributed by atoms with E-state index in [0.29, 0.717) is 24.7 Å². The summed E-state index contributed by atoms with van der Waals surface area (Å²) in [5, 5.41) is 112. The van der Waals surface area contributed by atoms with Crippen LogP contribution in [0.2, 0.25) is 0 Å². The maximum absolute atomic E-state index is 14.7. The molecule has 14 N–H and O–H groups in total. The Labute approximate surface area is 451 Å². The highest BCUT2D eigenvalue weighted by molar-refractivity contribution is 5.98. The van der Waals surface area contributed by atoms with Crippen LogP contribution in [-0.2, 0) is 33.6 Å². The van der Waals surface area contributed by atoms with Crippen LogP contribution in [0.5, 0.6) is 5.75 Å². The Morgan fingerprint density at radius 1 is 0.701 bits per heavy atom. The van der Waals surface area contributed by atoms with Crippen LogP contribution in [0.4, 0.5) is 0 Å². The van der Waals surface area contributed by atoms with E-state index in [-0.39, 0.29) is 48.1 Å². The van der Waals surface area contributed by atoms with Crippen LogP contribution in [-0.4, -0.2) is 221 Å². The molecule has 3 aliphatic heterocycles. The highest BCUT2D eigenvalue weighted by Crippen LogP contribution is 2.27. The van der Waals surface area contributed by atoms with Crippen molar-refractivity contribution in [2.75, 3.05) is 40.8 Å². The Balaban J connectivity index is 1.71. The molecule has 0 radical (unpaired) electrons. The molecule has 0 spiro atoms. The summed E-state index contributed by atoms with van der Waals surface area (Å²) < 4.78 is 0.262. The number of aliphatic hydroxyl groups excluding tert-OH is 8. The lowest BCUT2D eigenvalue weighted by molar-refractivity contribution is -0.870. The van der Waals surface area contributed by atoms with Crippen LogP contribution >= 0.6 is 0 Å². The molecule has 4 rings (SSSR count). The molecule has 0 aromatic heterocycles. The van der Waals surface area contributed by atoms with Crippen LogP contribution in [0.15, 0.2) is 24.3 Å². The SMILES string of the molecule is CCC(C)CC(C)CCCCCCCCC(=O)N[C@H]1C[C@@H](O)[C@@H](O)NC(=O)[C@@H]2[C@@H](O)CCN2C(=O)[C@H]([C@H](O)CC[N+](C)(C)C)NC(=O)[C@H]([C@H](O)[C@@H](O)c2ccc(O)cc2)NC(=O)[C@@H]2C[C@@H](O)CN2C(=O)[C@H]([C@@H](C)O)NC1=O. The summed E-state index contributed by atoms with van der Waals surface area (Å²) >= 11 is 0. The van der Waals surface area contributed by atoms with Crippen molar-refractivity contribution in [1.82, 2.24) is 36.4 Å². The lowest BCUT2D eigenvalue weighted by atomic mass is 9.91. The van der Waals surface area contributed by atoms with Crippen LogP contribution in [0.3, 0.4) is 0 Å². The number of carbonyl (C=O) groups excluding carboxylic acids is 7. The second kappa shape index (κ2) is 29.8. The zero-order valence-corrected chi connectivity index (χ0v) is 45.8. The fourth-order valence-corrected chi connectivity index (χ4v) is 10.2. The summed E-state index contributed by atoms with van der Waals surface area (Å²) in [6.45, 7) is 7.18. The number of nitrogens with zero attached hydrogens (tertiary/aromatic N) is 3. The highest BCUT2D eigenvalue weighted by Gasteiger charge is 2.49. The van der Waals surface area contributed by atoms with Gasteiger partial charge in [-0.3, -0.25) is 33.6 Å². The van der Waals surface area contributed by atoms with Gasteiger partial charge < -0.3 is 86.8 Å². The van der Waals surface area contributed by atoms with Gasteiger partial charge in [0.25, 0.3) is 0 Å². The van der Waals surface area contributed by atoms with Gasteiger partial charge in [0.05, 0.1) is 52.1 Å². The summed E-state index contributed by atoms with van der Waals surface area (Å²) in [4.78, 5) is 101. The van der Waals surface area contributed by atoms with E-state index in [1.165, 1.54) is 30.7 Å². The molecule has 24 nitrogen and oxygen atoms in total. The Morgan fingerprint density at radius 2 is 1.30 bits per heavy atom. The van der Waals surface area contributed by atoms with Crippen molar-refractivity contribution in [1.29, 1.82) is 0 Å². The Bertz CT molecular complexity index is 2110. The molecule has 436 valence electrons. The third kappa shape index (κ3) is 19.1. The molecule has 0 bridgehead atoms. The van der Waals surface area contributed by atoms with E-state index in [2.05, 4.69) is 47.4 Å². The molecule has 77 heavy (non-hydrogen) atoms. The van der Waals surface area contributed by atoms with Gasteiger partial charge in [-0.1, -0.05) is 77.8 Å². The van der Waals surface area contributed by atoms with Crippen LogP contribution < -0.4 is 26.6 Å². The number of quaternary nitrogens is 1. The van der Waals surface area contributed by atoms with Crippen LogP contribution in [0.25, 0.3) is 0 Å². The molecule has 0 aliphatic carbocycles. The third-order valence-electron chi connectivity index (χ3n) is 15.0. The fraction of sp³-hybridized carbons (Fsp3) is 0.755. The zero-order valence-electron chi connectivity index (χ0n) is 45.8. The molecule has 1 aromatic rings. The van der Waals surface area contributed by atoms with Crippen molar-refractivity contribution in [2.24, 2.45) is 11.8 Å². The number of nitrogens with one attached hydrogen (secondary N) is 5. The lowest BCUT2D eigenvalue weighted by Gasteiger charge is -2.35. The summed E-state index contributed by atoms with van der Waals surface area (Å²) in [7, 11) is 5.35. The average Bonchev–Trinajstić information content (AvgIpc) is 3.98. The maximum Gasteiger partial charge on any atom is 0.248 e. The van der Waals surface area contributed by atoms with E-state index in [0.717, 1.165) is 55.2 Å². The number of unbranched alkanes of at least 4 members (excludes halogenated alkanes) is 5. The smallest absolute Gasteiger partial charge is 0.248 e. The van der Waals surface area contributed by atoms with Gasteiger partial charge in [-0.2, -0.15) is 0 Å². The standard InChI is InChI=1S/C53H88N8O16/c1-8-29(2)25-30(3)15-13-11-9-10-12-14-16-40(68)54-35-27-39(67)49(73)58-51(75)44-38(66)21-23-59(44)53(77)42(37(65)22-24-61(5,6)7)56-50(74)43(46(70)45(69)32-17-19-33(63)20-18-32)57-48(72)36-26-34(64)28-60(36)52(76)41(31(4)62)55-47(35)71/h17-20,29-31,34-39,41-46,49,62,64-67,69-70,73H,8-16,21-28H2,1-7H3,(H5-,54,55,56,57,58,63,68,71,72,74,75)/p+1/t29?,30?,31-,34-,35+,36+,37-,38+,39-,41+,42+,43+,44+,45+,46+,49-/m1/s1. The fourth-order valence-electron chi connectivity index (χ4n) is 10.2. The van der Waals surface area contributed by atoms with Crippen molar-refractivity contribution >= 4 is 41.4 Å². The first-order valence-corrected chi connectivity index (χ1v) is 27.3. The first kappa shape index (κ1) is 64.5. The first-order chi connectivity index (χ1) is 36.1. The second-order valence-electron chi connectivity index (χ2n) is 22.7. The van der Waals surface area contributed by atoms with Crippen molar-refractivity contribution < 1.29 is 84.0 Å². The van der Waals surface area contributed by atoms with Crippen molar-refractivity contribution in [3.63, 3.8) is 0 Å². The number of phenolic OH excluding ortho intramolecular Hbond substituents is 1. The van der Waals surface area contributed by atoms with Crippen molar-refractivity contribution in [3.8, 4) is 5.75 Å². The zero-order chi connectivity index (χ0) is 57.5. The predicted molar refractivity (Wildman–Crippen MR) is 279 cm³/mol. The average molecular weight is 1090 g/mol. The number of aromatic hydroxyl groups is 1. The van der Waals surface area contributed by atoms with Gasteiger partial charge in [0.15, 0.2) is 6.23 Å². The number of hydrogen-bond acceptors (Lipinski definition) is 16. The van der Waals surface area contributed by atoms with Gasteiger partial charge in [-0.25, -0.2) is 0 Å². The molecule has 2 unspecified atom stereocenters. The molecule has 1 aromatic carbocycles. The molecular weight excluding hydrogens is 1000 g/mol. The van der Waals surface area contributed by atoms with Crippen molar-refractivity contribution in [2.45, 2.75) is 203 Å². The number of aliphatic hydroxyl groups is 8. The molecule has 3 heterocycles. The third-order valence-corrected chi connectivity index (χ3v) is 15.0. The number of carbonyl (C=O) groups is 7. The van der Waals surface area contributed by atoms with Gasteiger partial charge in [-0.05, 0) is 55.7 Å². The molecule has 0 saturated carbocycles. The minimum Gasteiger partial charge on any atom is -0.508 e. The number of rotatable bonds is 21. The summed E-state index contributed by atoms with van der Waals surface area (Å²) in [5.41, 5.74) is -0.0563. The maximum atomic E-state index is 14.7. The van der Waals surface area contributed by atoms with E-state index in [4.69, 9.17) is 0 Å². The van der Waals surface area contributed by atoms with Gasteiger partial charge in [-0.15, -0.1) is 0 Å². The number of fused-ring (bicyclic) bond motifs is 2. The summed E-state index contributed by atoms with van der Waals surface area (Å²) in [6, 6.07) is -6.56. The Hall–Kier alpha value is -5.05. The van der Waals surface area contributed by atoms with Crippen LogP contribution in [0, 0.1) is 11.8 Å². The highest BCUT2D eigenvalue weighted by atomic mass is 16.3. The van der Waals surface area contributed by atoms with Gasteiger partial charge in [0, 0.05) is 38.8 Å². The minimum atomic E-state index is -2.28. The van der Waals surface area contributed by atoms with Gasteiger partial charge >= 0.3 is 0 Å². The first-order valence-electron chi connectivity index (χ1n) is 27.3. The molecule has 24 heteroatoms. The van der Waals surface area contributed by atoms with E-state index in [1.807, 2.05) is 0 Å². The van der Waals surface area contributed by atoms with Crippen molar-refractivity contribution in [3.05, 3.63) is 29.8 Å². The minimum absolute atomic E-state index is 0.0558. The second-order valence-corrected chi connectivity index (χ2v) is 22.7. The Morgan fingerprint density at radius 3 is 1.92 bits per heavy atom. The molecule has 3 aliphatic rings. The molecule has 16 atom stereocenters. The molecule has 3 saturated heterocycles. The number of benzene rings is 1. The Kier molecular flexibility index (Phi) is 24.9. The van der Waals surface area contributed by atoms with E-state index in [1.54, 1.807) is 21.1 Å². The van der Waals surface area contributed by atoms with Gasteiger partial charge in [0.2, 0.25) is 41.4 Å². The molecule has 7 amide bonds. The molecule has 3 fully saturated rings. The van der Waals surface area contributed by atoms with E-state index in [9.17, 15) is 79.5 Å². The lowest BCUT2D eigenvalue weighted by Crippen LogP contribution is -2.64. The predicted octanol–water partition coefficient (Wildman–Crippen LogP) is -2.12. The molecular formula is C53H89N8O16+. The van der Waals surface area contributed by atoms with Crippen LogP contribution in [0.1, 0.15) is 129 Å². The number of amides is 7. The number of hydrogen-bond donors (Lipinski definition) is 14. The van der Waals surface area contributed by atoms with Gasteiger partial charge in [0.1, 0.15) is 60.3 Å². The largest absolute Gasteiger partial charge is 0.508 e. The van der Waals surface area contributed by atoms with E-state index >= 15 is 0 Å². The summed E-state index contributed by atoms with van der Waals surface area (Å²) in [6.07, 6.45) is -8.14. The van der Waals surface area contributed by atoms with E-state index < -0.39 is 146 Å². The monoisotopic (exact) mass is 1090 g/mol. The quantitative estimate of drug-likeness (QED) is 0.0462. The normalized spacial score (nSPS) is 28.9. The topological polar surface area (TPSA) is 368 Å². The number of phenols is 1.